The highest BCUT2D eigenvalue weighted by Gasteiger charge is 2.21. The maximum absolute atomic E-state index is 12.1. The summed E-state index contributed by atoms with van der Waals surface area (Å²) in [6.07, 6.45) is 0. The third kappa shape index (κ3) is 4.43. The number of ether oxygens (including phenoxy) is 1. The van der Waals surface area contributed by atoms with Crippen molar-refractivity contribution in [1.29, 1.82) is 0 Å². The molecular formula is C16H15ClN2O4. The smallest absolute Gasteiger partial charge is 0.285 e. The SMILES string of the molecule is Cc1cccc(C(=O)NCCOc2cccc(Cl)c2)c1[N+](=O)[O-]. The summed E-state index contributed by atoms with van der Waals surface area (Å²) >= 11 is 5.84. The molecule has 2 aromatic carbocycles. The van der Waals surface area contributed by atoms with Crippen LogP contribution in [0.15, 0.2) is 42.5 Å². The zero-order valence-electron chi connectivity index (χ0n) is 12.4. The van der Waals surface area contributed by atoms with E-state index in [-0.39, 0.29) is 24.4 Å². The lowest BCUT2D eigenvalue weighted by molar-refractivity contribution is -0.385. The number of rotatable bonds is 6. The second kappa shape index (κ2) is 7.60. The van der Waals surface area contributed by atoms with Crippen LogP contribution in [0.5, 0.6) is 5.75 Å². The first kappa shape index (κ1) is 16.8. The summed E-state index contributed by atoms with van der Waals surface area (Å²) < 4.78 is 5.44. The summed E-state index contributed by atoms with van der Waals surface area (Å²) in [6, 6.07) is 11.5. The van der Waals surface area contributed by atoms with Crippen molar-refractivity contribution in [1.82, 2.24) is 5.32 Å². The van der Waals surface area contributed by atoms with Gasteiger partial charge in [0.15, 0.2) is 0 Å². The molecule has 23 heavy (non-hydrogen) atoms. The predicted octanol–water partition coefficient (Wildman–Crippen LogP) is 3.37. The van der Waals surface area contributed by atoms with E-state index in [4.69, 9.17) is 16.3 Å². The van der Waals surface area contributed by atoms with Gasteiger partial charge in [0.05, 0.1) is 11.5 Å². The number of hydrogen-bond donors (Lipinski definition) is 1. The molecule has 0 atom stereocenters. The maximum Gasteiger partial charge on any atom is 0.285 e. The van der Waals surface area contributed by atoms with E-state index in [2.05, 4.69) is 5.32 Å². The van der Waals surface area contributed by atoms with Crippen molar-refractivity contribution >= 4 is 23.2 Å². The second-order valence-corrected chi connectivity index (χ2v) is 5.23. The first-order valence-electron chi connectivity index (χ1n) is 6.89. The summed E-state index contributed by atoms with van der Waals surface area (Å²) in [7, 11) is 0. The fourth-order valence-corrected chi connectivity index (χ4v) is 2.25. The molecule has 0 saturated carbocycles. The highest BCUT2D eigenvalue weighted by atomic mass is 35.5. The zero-order valence-corrected chi connectivity index (χ0v) is 13.2. The van der Waals surface area contributed by atoms with Gasteiger partial charge in [0, 0.05) is 10.6 Å². The minimum Gasteiger partial charge on any atom is -0.492 e. The first-order valence-corrected chi connectivity index (χ1v) is 7.27. The van der Waals surface area contributed by atoms with Gasteiger partial charge in [0.1, 0.15) is 17.9 Å². The lowest BCUT2D eigenvalue weighted by atomic mass is 10.1. The molecule has 0 unspecified atom stereocenters. The molecular weight excluding hydrogens is 320 g/mol. The van der Waals surface area contributed by atoms with Gasteiger partial charge in [0.2, 0.25) is 0 Å². The summed E-state index contributed by atoms with van der Waals surface area (Å²) in [5.41, 5.74) is 0.302. The number of carbonyl (C=O) groups excluding carboxylic acids is 1. The lowest BCUT2D eigenvalue weighted by Crippen LogP contribution is -2.28. The highest BCUT2D eigenvalue weighted by molar-refractivity contribution is 6.30. The Kier molecular flexibility index (Phi) is 5.54. The predicted molar refractivity (Wildman–Crippen MR) is 87.1 cm³/mol. The van der Waals surface area contributed by atoms with E-state index in [1.165, 1.54) is 6.07 Å². The molecule has 0 fully saturated rings. The van der Waals surface area contributed by atoms with Crippen molar-refractivity contribution in [3.63, 3.8) is 0 Å². The molecule has 0 heterocycles. The second-order valence-electron chi connectivity index (χ2n) is 4.79. The van der Waals surface area contributed by atoms with E-state index in [1.807, 2.05) is 0 Å². The van der Waals surface area contributed by atoms with Crippen LogP contribution in [0.1, 0.15) is 15.9 Å². The van der Waals surface area contributed by atoms with Crippen LogP contribution in [0.25, 0.3) is 0 Å². The van der Waals surface area contributed by atoms with Crippen LogP contribution >= 0.6 is 11.6 Å². The van der Waals surface area contributed by atoms with Crippen LogP contribution in [0.4, 0.5) is 5.69 Å². The molecule has 6 nitrogen and oxygen atoms in total. The number of nitrogens with zero attached hydrogens (tertiary/aromatic N) is 1. The van der Waals surface area contributed by atoms with Crippen molar-refractivity contribution in [2.75, 3.05) is 13.2 Å². The number of aryl methyl sites for hydroxylation is 1. The Bertz CT molecular complexity index is 734. The molecule has 0 aromatic heterocycles. The van der Waals surface area contributed by atoms with Crippen molar-refractivity contribution < 1.29 is 14.5 Å². The Morgan fingerprint density at radius 2 is 2.04 bits per heavy atom. The molecule has 7 heteroatoms. The van der Waals surface area contributed by atoms with Crippen LogP contribution in [-0.2, 0) is 0 Å². The molecule has 0 bridgehead atoms. The average Bonchev–Trinajstić information content (AvgIpc) is 2.50. The van der Waals surface area contributed by atoms with Crippen molar-refractivity contribution in [3.05, 3.63) is 68.7 Å². The minimum absolute atomic E-state index is 0.0396. The van der Waals surface area contributed by atoms with E-state index < -0.39 is 10.8 Å². The number of benzene rings is 2. The molecule has 0 aliphatic heterocycles. The van der Waals surface area contributed by atoms with Gasteiger partial charge < -0.3 is 10.1 Å². The lowest BCUT2D eigenvalue weighted by Gasteiger charge is -2.09. The molecule has 1 amide bonds. The van der Waals surface area contributed by atoms with Gasteiger partial charge in [-0.3, -0.25) is 14.9 Å². The molecule has 2 rings (SSSR count). The van der Waals surface area contributed by atoms with Crippen LogP contribution in [0, 0.1) is 17.0 Å². The number of hydrogen-bond acceptors (Lipinski definition) is 4. The van der Waals surface area contributed by atoms with E-state index in [1.54, 1.807) is 43.3 Å². The van der Waals surface area contributed by atoms with Crippen molar-refractivity contribution in [2.45, 2.75) is 6.92 Å². The summed E-state index contributed by atoms with van der Waals surface area (Å²) in [5.74, 6) is 0.0865. The van der Waals surface area contributed by atoms with Gasteiger partial charge in [0.25, 0.3) is 11.6 Å². The Balaban J connectivity index is 1.93. The van der Waals surface area contributed by atoms with Crippen LogP contribution < -0.4 is 10.1 Å². The fourth-order valence-electron chi connectivity index (χ4n) is 2.07. The number of halogens is 1. The van der Waals surface area contributed by atoms with Gasteiger partial charge in [-0.1, -0.05) is 29.8 Å². The van der Waals surface area contributed by atoms with E-state index in [0.29, 0.717) is 16.3 Å². The normalized spacial score (nSPS) is 10.2. The molecule has 0 aliphatic carbocycles. The zero-order chi connectivity index (χ0) is 16.8. The number of para-hydroxylation sites is 1. The molecule has 1 N–H and O–H groups in total. The van der Waals surface area contributed by atoms with Crippen LogP contribution in [0.2, 0.25) is 5.02 Å². The third-order valence-electron chi connectivity index (χ3n) is 3.12. The first-order chi connectivity index (χ1) is 11.0. The molecule has 0 spiro atoms. The van der Waals surface area contributed by atoms with E-state index in [9.17, 15) is 14.9 Å². The fraction of sp³-hybridized carbons (Fsp3) is 0.188. The quantitative estimate of drug-likeness (QED) is 0.499. The Hall–Kier alpha value is -2.60. The molecule has 0 radical (unpaired) electrons. The standard InChI is InChI=1S/C16H15ClN2O4/c1-11-4-2-7-14(15(11)19(21)22)16(20)18-8-9-23-13-6-3-5-12(17)10-13/h2-7,10H,8-9H2,1H3,(H,18,20). The van der Waals surface area contributed by atoms with E-state index in [0.717, 1.165) is 0 Å². The summed E-state index contributed by atoms with van der Waals surface area (Å²) in [4.78, 5) is 22.6. The number of amides is 1. The maximum atomic E-state index is 12.1. The van der Waals surface area contributed by atoms with Gasteiger partial charge in [-0.25, -0.2) is 0 Å². The topological polar surface area (TPSA) is 81.5 Å². The molecule has 2 aromatic rings. The Morgan fingerprint density at radius 1 is 1.30 bits per heavy atom. The van der Waals surface area contributed by atoms with E-state index >= 15 is 0 Å². The van der Waals surface area contributed by atoms with Gasteiger partial charge in [-0.2, -0.15) is 0 Å². The van der Waals surface area contributed by atoms with Gasteiger partial charge in [-0.15, -0.1) is 0 Å². The van der Waals surface area contributed by atoms with Crippen molar-refractivity contribution in [2.24, 2.45) is 0 Å². The van der Waals surface area contributed by atoms with Gasteiger partial charge >= 0.3 is 0 Å². The largest absolute Gasteiger partial charge is 0.492 e. The molecule has 120 valence electrons. The van der Waals surface area contributed by atoms with Crippen LogP contribution in [0.3, 0.4) is 0 Å². The monoisotopic (exact) mass is 334 g/mol. The highest BCUT2D eigenvalue weighted by Crippen LogP contribution is 2.22. The summed E-state index contributed by atoms with van der Waals surface area (Å²) in [6.45, 7) is 2.04. The Morgan fingerprint density at radius 3 is 2.74 bits per heavy atom. The summed E-state index contributed by atoms with van der Waals surface area (Å²) in [5, 5.41) is 14.2. The number of nitro groups is 1. The third-order valence-corrected chi connectivity index (χ3v) is 3.35. The Labute approximate surface area is 138 Å². The number of nitrogens with one attached hydrogen (secondary N) is 1. The number of nitro benzene ring substituents is 1. The van der Waals surface area contributed by atoms with Gasteiger partial charge in [-0.05, 0) is 31.2 Å². The molecule has 0 aliphatic rings. The van der Waals surface area contributed by atoms with Crippen molar-refractivity contribution in [3.8, 4) is 5.75 Å². The van der Waals surface area contributed by atoms with Crippen LogP contribution in [-0.4, -0.2) is 24.0 Å². The number of carbonyl (C=O) groups is 1. The average molecular weight is 335 g/mol. The minimum atomic E-state index is -0.549. The molecule has 0 saturated heterocycles.